The average molecular weight is 236 g/mol. The van der Waals surface area contributed by atoms with Gasteiger partial charge in [-0.1, -0.05) is 0 Å². The fourth-order valence-electron chi connectivity index (χ4n) is 1.61. The van der Waals surface area contributed by atoms with E-state index in [0.717, 1.165) is 0 Å². The highest BCUT2D eigenvalue weighted by atomic mass is 32.1. The van der Waals surface area contributed by atoms with Gasteiger partial charge < -0.3 is 0 Å². The topological polar surface area (TPSA) is 51.2 Å². The Kier molecular flexibility index (Phi) is 3.65. The molecule has 0 unspecified atom stereocenters. The summed E-state index contributed by atoms with van der Waals surface area (Å²) in [6.45, 7) is 4.05. The summed E-state index contributed by atoms with van der Waals surface area (Å²) in [7, 11) is 0. The lowest BCUT2D eigenvalue weighted by Gasteiger charge is -2.10. The first-order valence-corrected chi connectivity index (χ1v) is 5.19. The van der Waals surface area contributed by atoms with Gasteiger partial charge in [0.1, 0.15) is 0 Å². The maximum Gasteiger partial charge on any atom is 0.161 e. The van der Waals surface area contributed by atoms with Crippen molar-refractivity contribution in [3.8, 4) is 0 Å². The predicted octanol–water partition coefficient (Wildman–Crippen LogP) is 2.58. The fraction of sp³-hybridized carbons (Fsp3) is 0.250. The van der Waals surface area contributed by atoms with E-state index in [1.807, 2.05) is 0 Å². The Hall–Kier alpha value is -1.42. The lowest BCUT2D eigenvalue weighted by molar-refractivity contribution is 0.0966. The van der Waals surface area contributed by atoms with Crippen molar-refractivity contribution < 1.29 is 14.4 Å². The van der Waals surface area contributed by atoms with Gasteiger partial charge in [0.15, 0.2) is 17.3 Å². The van der Waals surface area contributed by atoms with Crippen molar-refractivity contribution in [2.45, 2.75) is 25.7 Å². The molecule has 1 rings (SSSR count). The number of rotatable bonds is 3. The molecule has 0 fully saturated rings. The number of carbonyl (C=O) groups excluding carboxylic acids is 3. The van der Waals surface area contributed by atoms with Crippen LogP contribution in [0.25, 0.3) is 0 Å². The Morgan fingerprint density at radius 3 is 1.75 bits per heavy atom. The zero-order valence-electron chi connectivity index (χ0n) is 9.33. The smallest absolute Gasteiger partial charge is 0.161 e. The van der Waals surface area contributed by atoms with E-state index < -0.39 is 0 Å². The molecule has 0 radical (unpaired) electrons. The summed E-state index contributed by atoms with van der Waals surface area (Å²) >= 11 is 4.13. The number of thiol groups is 1. The summed E-state index contributed by atoms with van der Waals surface area (Å²) in [4.78, 5) is 34.8. The van der Waals surface area contributed by atoms with Crippen LogP contribution in [0.15, 0.2) is 17.0 Å². The van der Waals surface area contributed by atoms with Crippen molar-refractivity contribution in [1.29, 1.82) is 0 Å². The molecule has 1 aromatic rings. The summed E-state index contributed by atoms with van der Waals surface area (Å²) in [6, 6.07) is 3.08. The molecule has 84 valence electrons. The van der Waals surface area contributed by atoms with Crippen molar-refractivity contribution in [1.82, 2.24) is 0 Å². The van der Waals surface area contributed by atoms with Crippen LogP contribution in [0.1, 0.15) is 51.8 Å². The first-order chi connectivity index (χ1) is 7.36. The molecule has 0 atom stereocenters. The van der Waals surface area contributed by atoms with Gasteiger partial charge in [0, 0.05) is 21.6 Å². The molecule has 0 bridgehead atoms. The second-order valence-corrected chi connectivity index (χ2v) is 4.03. The van der Waals surface area contributed by atoms with Gasteiger partial charge in [-0.05, 0) is 32.9 Å². The highest BCUT2D eigenvalue weighted by Crippen LogP contribution is 2.24. The minimum absolute atomic E-state index is 0.174. The standard InChI is InChI=1S/C12H12O3S/c1-6(13)9-4-5-10(16)12(8(3)15)11(9)7(2)14/h4-5,16H,1-3H3. The normalized spacial score (nSPS) is 10.0. The molecule has 0 saturated heterocycles. The summed E-state index contributed by atoms with van der Waals surface area (Å²) in [5, 5.41) is 0. The van der Waals surface area contributed by atoms with Crippen molar-refractivity contribution >= 4 is 30.0 Å². The van der Waals surface area contributed by atoms with Gasteiger partial charge in [-0.25, -0.2) is 0 Å². The van der Waals surface area contributed by atoms with Gasteiger partial charge in [-0.15, -0.1) is 12.6 Å². The summed E-state index contributed by atoms with van der Waals surface area (Å²) < 4.78 is 0. The minimum Gasteiger partial charge on any atom is -0.294 e. The zero-order valence-corrected chi connectivity index (χ0v) is 10.2. The lowest BCUT2D eigenvalue weighted by atomic mass is 9.94. The molecule has 0 aliphatic carbocycles. The van der Waals surface area contributed by atoms with E-state index in [1.54, 1.807) is 6.07 Å². The maximum atomic E-state index is 11.5. The largest absolute Gasteiger partial charge is 0.294 e. The van der Waals surface area contributed by atoms with Crippen molar-refractivity contribution in [3.05, 3.63) is 28.8 Å². The van der Waals surface area contributed by atoms with Crippen molar-refractivity contribution in [2.75, 3.05) is 0 Å². The molecule has 0 aliphatic heterocycles. The summed E-state index contributed by atoms with van der Waals surface area (Å²) in [6.07, 6.45) is 0. The third kappa shape index (κ3) is 2.22. The molecule has 0 aliphatic rings. The van der Waals surface area contributed by atoms with Crippen LogP contribution >= 0.6 is 12.6 Å². The maximum absolute atomic E-state index is 11.5. The van der Waals surface area contributed by atoms with Gasteiger partial charge in [-0.2, -0.15) is 0 Å². The molecular weight excluding hydrogens is 224 g/mol. The number of ketones is 3. The quantitative estimate of drug-likeness (QED) is 0.648. The van der Waals surface area contributed by atoms with Crippen LogP contribution in [0.4, 0.5) is 0 Å². The number of hydrogen-bond acceptors (Lipinski definition) is 4. The molecule has 0 saturated carbocycles. The molecule has 4 heteroatoms. The third-order valence-corrected chi connectivity index (χ3v) is 2.64. The van der Waals surface area contributed by atoms with E-state index in [-0.39, 0.29) is 34.0 Å². The third-order valence-electron chi connectivity index (χ3n) is 2.27. The molecule has 16 heavy (non-hydrogen) atoms. The van der Waals surface area contributed by atoms with Gasteiger partial charge in [0.25, 0.3) is 0 Å². The van der Waals surface area contributed by atoms with E-state index in [4.69, 9.17) is 0 Å². The van der Waals surface area contributed by atoms with Crippen LogP contribution in [-0.2, 0) is 0 Å². The fourth-order valence-corrected chi connectivity index (χ4v) is 1.95. The molecule has 0 N–H and O–H groups in total. The van der Waals surface area contributed by atoms with E-state index in [0.29, 0.717) is 4.90 Å². The van der Waals surface area contributed by atoms with Crippen LogP contribution in [0.5, 0.6) is 0 Å². The van der Waals surface area contributed by atoms with E-state index >= 15 is 0 Å². The second-order valence-electron chi connectivity index (χ2n) is 3.55. The predicted molar refractivity (Wildman–Crippen MR) is 63.7 cm³/mol. The van der Waals surface area contributed by atoms with Crippen LogP contribution < -0.4 is 0 Å². The average Bonchev–Trinajstić information content (AvgIpc) is 2.15. The van der Waals surface area contributed by atoms with Crippen LogP contribution in [0.3, 0.4) is 0 Å². The van der Waals surface area contributed by atoms with Crippen molar-refractivity contribution in [2.24, 2.45) is 0 Å². The minimum atomic E-state index is -0.300. The molecular formula is C12H12O3S. The number of carbonyl (C=O) groups is 3. The van der Waals surface area contributed by atoms with Gasteiger partial charge in [-0.3, -0.25) is 14.4 Å². The molecule has 0 heterocycles. The molecule has 3 nitrogen and oxygen atoms in total. The summed E-state index contributed by atoms with van der Waals surface area (Å²) in [5.41, 5.74) is 0.673. The Morgan fingerprint density at radius 2 is 1.38 bits per heavy atom. The summed E-state index contributed by atoms with van der Waals surface area (Å²) in [5.74, 6) is -0.800. The van der Waals surface area contributed by atoms with Gasteiger partial charge >= 0.3 is 0 Å². The highest BCUT2D eigenvalue weighted by Gasteiger charge is 2.20. The van der Waals surface area contributed by atoms with Crippen molar-refractivity contribution in [3.63, 3.8) is 0 Å². The first kappa shape index (κ1) is 12.6. The monoisotopic (exact) mass is 236 g/mol. The SMILES string of the molecule is CC(=O)c1ccc(S)c(C(C)=O)c1C(C)=O. The number of hydrogen-bond donors (Lipinski definition) is 1. The second kappa shape index (κ2) is 4.61. The number of benzene rings is 1. The molecule has 1 aromatic carbocycles. The van der Waals surface area contributed by atoms with Crippen LogP contribution in [0.2, 0.25) is 0 Å². The Bertz CT molecular complexity index is 489. The lowest BCUT2D eigenvalue weighted by Crippen LogP contribution is -2.11. The zero-order chi connectivity index (χ0) is 12.5. The first-order valence-electron chi connectivity index (χ1n) is 4.75. The Balaban J connectivity index is 3.70. The Morgan fingerprint density at radius 1 is 0.875 bits per heavy atom. The van der Waals surface area contributed by atoms with E-state index in [1.165, 1.54) is 26.8 Å². The molecule has 0 amide bonds. The van der Waals surface area contributed by atoms with Crippen LogP contribution in [0, 0.1) is 0 Å². The van der Waals surface area contributed by atoms with E-state index in [9.17, 15) is 14.4 Å². The molecule has 0 spiro atoms. The van der Waals surface area contributed by atoms with Gasteiger partial charge in [0.05, 0.1) is 0 Å². The highest BCUT2D eigenvalue weighted by molar-refractivity contribution is 7.80. The van der Waals surface area contributed by atoms with Crippen LogP contribution in [-0.4, -0.2) is 17.3 Å². The van der Waals surface area contributed by atoms with Gasteiger partial charge in [0.2, 0.25) is 0 Å². The number of Topliss-reactive ketones (excluding diaryl/α,β-unsaturated/α-hetero) is 3. The molecule has 0 aromatic heterocycles. The Labute approximate surface area is 99.3 Å². The van der Waals surface area contributed by atoms with E-state index in [2.05, 4.69) is 12.6 Å².